The van der Waals surface area contributed by atoms with E-state index in [9.17, 15) is 4.79 Å². The highest BCUT2D eigenvalue weighted by molar-refractivity contribution is 6.99. The Morgan fingerprint density at radius 1 is 1.62 bits per heavy atom. The largest absolute Gasteiger partial charge is 0.334 e. The van der Waals surface area contributed by atoms with Crippen LogP contribution in [0, 0.1) is 0 Å². The van der Waals surface area contributed by atoms with Gasteiger partial charge in [-0.2, -0.15) is 8.75 Å². The first-order chi connectivity index (χ1) is 7.83. The number of piperidine rings is 1. The van der Waals surface area contributed by atoms with Crippen molar-refractivity contribution in [2.45, 2.75) is 31.7 Å². The summed E-state index contributed by atoms with van der Waals surface area (Å²) in [6.07, 6.45) is 5.74. The fourth-order valence-electron chi connectivity index (χ4n) is 2.17. The lowest BCUT2D eigenvalue weighted by molar-refractivity contribution is 0.0600. The van der Waals surface area contributed by atoms with Crippen molar-refractivity contribution in [3.05, 3.63) is 11.9 Å². The van der Waals surface area contributed by atoms with E-state index in [4.69, 9.17) is 5.73 Å². The van der Waals surface area contributed by atoms with E-state index in [1.807, 2.05) is 4.90 Å². The molecule has 0 aromatic carbocycles. The Morgan fingerprint density at radius 3 is 3.19 bits per heavy atom. The third kappa shape index (κ3) is 2.38. The fourth-order valence-corrected chi connectivity index (χ4v) is 2.57. The average molecular weight is 240 g/mol. The molecular formula is C10H16N4OS. The molecule has 5 nitrogen and oxygen atoms in total. The summed E-state index contributed by atoms with van der Waals surface area (Å²) in [5, 5.41) is 0. The normalized spacial score (nSPS) is 21.1. The molecule has 1 amide bonds. The number of hydrogen-bond donors (Lipinski definition) is 1. The molecule has 16 heavy (non-hydrogen) atoms. The summed E-state index contributed by atoms with van der Waals surface area (Å²) in [6.45, 7) is 1.45. The molecule has 1 aliphatic rings. The summed E-state index contributed by atoms with van der Waals surface area (Å²) in [7, 11) is 0. The summed E-state index contributed by atoms with van der Waals surface area (Å²) < 4.78 is 7.86. The van der Waals surface area contributed by atoms with E-state index in [0.29, 0.717) is 12.2 Å². The first kappa shape index (κ1) is 11.5. The maximum absolute atomic E-state index is 12.1. The van der Waals surface area contributed by atoms with E-state index < -0.39 is 0 Å². The number of amides is 1. The molecule has 1 aliphatic heterocycles. The summed E-state index contributed by atoms with van der Waals surface area (Å²) in [5.74, 6) is 0.00639. The van der Waals surface area contributed by atoms with Crippen LogP contribution in [0.4, 0.5) is 0 Å². The predicted molar refractivity (Wildman–Crippen MR) is 62.3 cm³/mol. The highest BCUT2D eigenvalue weighted by Crippen LogP contribution is 2.21. The molecule has 0 saturated carbocycles. The van der Waals surface area contributed by atoms with Crippen LogP contribution in [-0.4, -0.2) is 38.7 Å². The van der Waals surface area contributed by atoms with Crippen LogP contribution in [0.3, 0.4) is 0 Å². The zero-order valence-electron chi connectivity index (χ0n) is 9.13. The zero-order chi connectivity index (χ0) is 11.4. The van der Waals surface area contributed by atoms with Crippen LogP contribution in [0.25, 0.3) is 0 Å². The van der Waals surface area contributed by atoms with E-state index in [1.165, 1.54) is 6.42 Å². The molecule has 0 bridgehead atoms. The second-order valence-corrected chi connectivity index (χ2v) is 4.57. The van der Waals surface area contributed by atoms with Crippen molar-refractivity contribution in [3.8, 4) is 0 Å². The first-order valence-electron chi connectivity index (χ1n) is 5.61. The lowest BCUT2D eigenvalue weighted by Crippen LogP contribution is -2.44. The molecule has 1 aromatic rings. The summed E-state index contributed by atoms with van der Waals surface area (Å²) in [4.78, 5) is 14.0. The van der Waals surface area contributed by atoms with Crippen molar-refractivity contribution in [1.29, 1.82) is 0 Å². The smallest absolute Gasteiger partial charge is 0.275 e. The number of carbonyl (C=O) groups is 1. The van der Waals surface area contributed by atoms with Crippen LogP contribution < -0.4 is 5.73 Å². The van der Waals surface area contributed by atoms with Crippen LogP contribution in [0.5, 0.6) is 0 Å². The van der Waals surface area contributed by atoms with Crippen LogP contribution in [0.1, 0.15) is 36.2 Å². The lowest BCUT2D eigenvalue weighted by atomic mass is 9.99. The van der Waals surface area contributed by atoms with E-state index >= 15 is 0 Å². The van der Waals surface area contributed by atoms with E-state index in [2.05, 4.69) is 8.75 Å². The van der Waals surface area contributed by atoms with Gasteiger partial charge in [0.1, 0.15) is 0 Å². The molecule has 2 N–H and O–H groups in total. The number of nitrogens with zero attached hydrogens (tertiary/aromatic N) is 3. The van der Waals surface area contributed by atoms with Crippen LogP contribution in [-0.2, 0) is 0 Å². The van der Waals surface area contributed by atoms with Gasteiger partial charge in [-0.3, -0.25) is 4.79 Å². The van der Waals surface area contributed by atoms with Gasteiger partial charge in [-0.1, -0.05) is 0 Å². The molecule has 1 saturated heterocycles. The maximum Gasteiger partial charge on any atom is 0.275 e. The highest BCUT2D eigenvalue weighted by atomic mass is 32.1. The SMILES string of the molecule is NCCC1CCCCN1C(=O)c1cnsn1. The number of nitrogens with two attached hydrogens (primary N) is 1. The van der Waals surface area contributed by atoms with Gasteiger partial charge >= 0.3 is 0 Å². The van der Waals surface area contributed by atoms with Gasteiger partial charge in [0.2, 0.25) is 0 Å². The molecule has 6 heteroatoms. The van der Waals surface area contributed by atoms with Crippen molar-refractivity contribution >= 4 is 17.6 Å². The molecule has 1 unspecified atom stereocenters. The number of hydrogen-bond acceptors (Lipinski definition) is 5. The highest BCUT2D eigenvalue weighted by Gasteiger charge is 2.27. The molecule has 88 valence electrons. The van der Waals surface area contributed by atoms with Crippen molar-refractivity contribution in [2.24, 2.45) is 5.73 Å². The van der Waals surface area contributed by atoms with Gasteiger partial charge < -0.3 is 10.6 Å². The molecule has 1 fully saturated rings. The molecule has 0 radical (unpaired) electrons. The molecular weight excluding hydrogens is 224 g/mol. The van der Waals surface area contributed by atoms with Gasteiger partial charge in [-0.25, -0.2) is 0 Å². The maximum atomic E-state index is 12.1. The van der Waals surface area contributed by atoms with Crippen LogP contribution in [0.15, 0.2) is 6.20 Å². The van der Waals surface area contributed by atoms with Crippen molar-refractivity contribution in [1.82, 2.24) is 13.6 Å². The molecule has 0 spiro atoms. The third-order valence-electron chi connectivity index (χ3n) is 2.97. The summed E-state index contributed by atoms with van der Waals surface area (Å²) in [5.41, 5.74) is 6.04. The van der Waals surface area contributed by atoms with E-state index in [-0.39, 0.29) is 11.9 Å². The van der Waals surface area contributed by atoms with Gasteiger partial charge in [0.15, 0.2) is 5.69 Å². The monoisotopic (exact) mass is 240 g/mol. The number of likely N-dealkylation sites (tertiary alicyclic amines) is 1. The van der Waals surface area contributed by atoms with E-state index in [0.717, 1.165) is 37.5 Å². The van der Waals surface area contributed by atoms with Crippen molar-refractivity contribution < 1.29 is 4.79 Å². The Balaban J connectivity index is 2.08. The topological polar surface area (TPSA) is 72.1 Å². The Labute approximate surface area is 99.0 Å². The third-order valence-corrected chi connectivity index (χ3v) is 3.45. The lowest BCUT2D eigenvalue weighted by Gasteiger charge is -2.35. The standard InChI is InChI=1S/C10H16N4OS/c11-5-4-8-3-1-2-6-14(8)10(15)9-7-12-16-13-9/h7-8H,1-6,11H2. The fraction of sp³-hybridized carbons (Fsp3) is 0.700. The van der Waals surface area contributed by atoms with Gasteiger partial charge in [0.05, 0.1) is 17.9 Å². The first-order valence-corrected chi connectivity index (χ1v) is 6.34. The van der Waals surface area contributed by atoms with E-state index in [1.54, 1.807) is 6.20 Å². The van der Waals surface area contributed by atoms with Gasteiger partial charge in [-0.05, 0) is 32.2 Å². The summed E-state index contributed by atoms with van der Waals surface area (Å²) >= 11 is 1.07. The Hall–Kier alpha value is -1.01. The average Bonchev–Trinajstić information content (AvgIpc) is 2.83. The minimum atomic E-state index is 0.00639. The van der Waals surface area contributed by atoms with Gasteiger partial charge in [0.25, 0.3) is 5.91 Å². The van der Waals surface area contributed by atoms with Crippen LogP contribution in [0.2, 0.25) is 0 Å². The number of aromatic nitrogens is 2. The van der Waals surface area contributed by atoms with Gasteiger partial charge in [-0.15, -0.1) is 0 Å². The van der Waals surface area contributed by atoms with Crippen molar-refractivity contribution in [2.75, 3.05) is 13.1 Å². The Morgan fingerprint density at radius 2 is 2.50 bits per heavy atom. The van der Waals surface area contributed by atoms with Crippen molar-refractivity contribution in [3.63, 3.8) is 0 Å². The minimum absolute atomic E-state index is 0.00639. The quantitative estimate of drug-likeness (QED) is 0.851. The van der Waals surface area contributed by atoms with Crippen LogP contribution >= 0.6 is 11.7 Å². The second-order valence-electron chi connectivity index (χ2n) is 4.02. The second kappa shape index (κ2) is 5.36. The molecule has 2 heterocycles. The molecule has 1 atom stereocenters. The number of carbonyl (C=O) groups excluding carboxylic acids is 1. The molecule has 0 aliphatic carbocycles. The summed E-state index contributed by atoms with van der Waals surface area (Å²) in [6, 6.07) is 0.285. The molecule has 2 rings (SSSR count). The zero-order valence-corrected chi connectivity index (χ0v) is 9.95. The predicted octanol–water partition coefficient (Wildman–Crippen LogP) is 0.882. The minimum Gasteiger partial charge on any atom is -0.334 e. The number of rotatable bonds is 3. The molecule has 1 aromatic heterocycles. The Bertz CT molecular complexity index is 339. The Kier molecular flexibility index (Phi) is 3.84. The van der Waals surface area contributed by atoms with Gasteiger partial charge in [0, 0.05) is 12.6 Å².